The first-order valence-corrected chi connectivity index (χ1v) is 8.25. The second-order valence-electron chi connectivity index (χ2n) is 5.34. The number of hydrogen-bond acceptors (Lipinski definition) is 5. The molecule has 0 spiro atoms. The molecule has 0 unspecified atom stereocenters. The topological polar surface area (TPSA) is 49.3 Å². The number of hydrogen-bond donors (Lipinski definition) is 0. The number of amides is 1. The first-order valence-electron chi connectivity index (χ1n) is 7.37. The molecule has 2 rings (SSSR count). The molecule has 0 radical (unpaired) electrons. The number of thiazole rings is 1. The summed E-state index contributed by atoms with van der Waals surface area (Å²) < 4.78 is 0. The summed E-state index contributed by atoms with van der Waals surface area (Å²) >= 11 is 1.55. The van der Waals surface area contributed by atoms with Gasteiger partial charge in [-0.15, -0.1) is 11.3 Å². The van der Waals surface area contributed by atoms with Gasteiger partial charge in [-0.05, 0) is 33.2 Å². The average molecular weight is 318 g/mol. The van der Waals surface area contributed by atoms with E-state index < -0.39 is 0 Å². The van der Waals surface area contributed by atoms with Gasteiger partial charge in [0.05, 0.1) is 12.1 Å². The molecule has 5 nitrogen and oxygen atoms in total. The molecule has 0 saturated carbocycles. The van der Waals surface area contributed by atoms with Crippen LogP contribution in [0.25, 0.3) is 10.6 Å². The van der Waals surface area contributed by atoms with Crippen LogP contribution in [-0.4, -0.2) is 59.4 Å². The largest absolute Gasteiger partial charge is 0.341 e. The summed E-state index contributed by atoms with van der Waals surface area (Å²) in [7, 11) is 4.03. The third-order valence-corrected chi connectivity index (χ3v) is 4.28. The summed E-state index contributed by atoms with van der Waals surface area (Å²) in [6.45, 7) is 4.36. The quantitative estimate of drug-likeness (QED) is 0.785. The Morgan fingerprint density at radius 1 is 1.32 bits per heavy atom. The van der Waals surface area contributed by atoms with Crippen LogP contribution in [0.5, 0.6) is 0 Å². The van der Waals surface area contributed by atoms with Crippen molar-refractivity contribution >= 4 is 17.2 Å². The van der Waals surface area contributed by atoms with Crippen molar-refractivity contribution in [1.29, 1.82) is 0 Å². The molecule has 2 heterocycles. The molecule has 6 heteroatoms. The standard InChI is InChI=1S/C16H22N4OS/c1-4-20(9-8-19(2)3)15(21)10-14-12-22-16(18-14)13-6-5-7-17-11-13/h5-7,11-12H,4,8-10H2,1-3H3. The number of likely N-dealkylation sites (N-methyl/N-ethyl adjacent to an activating group) is 2. The maximum absolute atomic E-state index is 12.4. The van der Waals surface area contributed by atoms with Gasteiger partial charge in [0.25, 0.3) is 0 Å². The predicted octanol–water partition coefficient (Wildman–Crippen LogP) is 2.16. The Hall–Kier alpha value is -1.79. The second-order valence-corrected chi connectivity index (χ2v) is 6.20. The van der Waals surface area contributed by atoms with Gasteiger partial charge < -0.3 is 9.80 Å². The molecule has 0 fully saturated rings. The van der Waals surface area contributed by atoms with E-state index in [0.29, 0.717) is 6.42 Å². The van der Waals surface area contributed by atoms with Gasteiger partial charge in [-0.3, -0.25) is 9.78 Å². The van der Waals surface area contributed by atoms with Crippen LogP contribution in [0.15, 0.2) is 29.9 Å². The van der Waals surface area contributed by atoms with Gasteiger partial charge in [0, 0.05) is 43.0 Å². The number of carbonyl (C=O) groups excluding carboxylic acids is 1. The highest BCUT2D eigenvalue weighted by Crippen LogP contribution is 2.22. The van der Waals surface area contributed by atoms with E-state index in [1.165, 1.54) is 0 Å². The third kappa shape index (κ3) is 4.61. The Bertz CT molecular complexity index is 597. The zero-order chi connectivity index (χ0) is 15.9. The number of carbonyl (C=O) groups is 1. The Morgan fingerprint density at radius 3 is 2.77 bits per heavy atom. The number of pyridine rings is 1. The summed E-state index contributed by atoms with van der Waals surface area (Å²) in [6.07, 6.45) is 3.89. The molecule has 1 amide bonds. The normalized spacial score (nSPS) is 10.9. The minimum atomic E-state index is 0.132. The molecule has 0 saturated heterocycles. The van der Waals surface area contributed by atoms with E-state index in [1.807, 2.05) is 43.4 Å². The smallest absolute Gasteiger partial charge is 0.228 e. The SMILES string of the molecule is CCN(CCN(C)C)C(=O)Cc1csc(-c2cccnc2)n1. The first-order chi connectivity index (χ1) is 10.6. The van der Waals surface area contributed by atoms with Crippen LogP contribution in [0.2, 0.25) is 0 Å². The lowest BCUT2D eigenvalue weighted by Gasteiger charge is -2.22. The fourth-order valence-electron chi connectivity index (χ4n) is 2.06. The lowest BCUT2D eigenvalue weighted by Crippen LogP contribution is -2.37. The van der Waals surface area contributed by atoms with Crippen LogP contribution in [-0.2, 0) is 11.2 Å². The van der Waals surface area contributed by atoms with Crippen molar-refractivity contribution in [3.63, 3.8) is 0 Å². The summed E-state index contributed by atoms with van der Waals surface area (Å²) in [6, 6.07) is 3.87. The molecule has 0 aliphatic rings. The zero-order valence-corrected chi connectivity index (χ0v) is 14.1. The molecule has 0 aliphatic heterocycles. The minimum Gasteiger partial charge on any atom is -0.341 e. The molecule has 0 bridgehead atoms. The van der Waals surface area contributed by atoms with Gasteiger partial charge in [-0.2, -0.15) is 0 Å². The van der Waals surface area contributed by atoms with Gasteiger partial charge in [0.2, 0.25) is 5.91 Å². The van der Waals surface area contributed by atoms with E-state index in [0.717, 1.165) is 35.9 Å². The Kier molecular flexibility index (Phi) is 6.03. The van der Waals surface area contributed by atoms with E-state index in [1.54, 1.807) is 23.7 Å². The van der Waals surface area contributed by atoms with E-state index in [-0.39, 0.29) is 5.91 Å². The zero-order valence-electron chi connectivity index (χ0n) is 13.3. The van der Waals surface area contributed by atoms with Crippen LogP contribution < -0.4 is 0 Å². The van der Waals surface area contributed by atoms with Crippen molar-refractivity contribution < 1.29 is 4.79 Å². The molecule has 2 aromatic heterocycles. The molecule has 0 aromatic carbocycles. The van der Waals surface area contributed by atoms with Gasteiger partial charge in [-0.25, -0.2) is 4.98 Å². The molecule has 2 aromatic rings. The molecule has 0 aliphatic carbocycles. The first kappa shape index (κ1) is 16.6. The van der Waals surface area contributed by atoms with E-state index in [4.69, 9.17) is 0 Å². The predicted molar refractivity (Wildman–Crippen MR) is 89.9 cm³/mol. The van der Waals surface area contributed by atoms with Crippen LogP contribution in [0.4, 0.5) is 0 Å². The Balaban J connectivity index is 1.98. The maximum Gasteiger partial charge on any atom is 0.228 e. The van der Waals surface area contributed by atoms with Crippen LogP contribution in [0.3, 0.4) is 0 Å². The highest BCUT2D eigenvalue weighted by Gasteiger charge is 2.14. The molecular formula is C16H22N4OS. The van der Waals surface area contributed by atoms with E-state index in [2.05, 4.69) is 14.9 Å². The summed E-state index contributed by atoms with van der Waals surface area (Å²) in [4.78, 5) is 25.0. The van der Waals surface area contributed by atoms with Crippen molar-refractivity contribution in [2.45, 2.75) is 13.3 Å². The number of rotatable bonds is 7. The lowest BCUT2D eigenvalue weighted by molar-refractivity contribution is -0.130. The fraction of sp³-hybridized carbons (Fsp3) is 0.438. The molecule has 0 N–H and O–H groups in total. The highest BCUT2D eigenvalue weighted by atomic mass is 32.1. The Labute approximate surface area is 135 Å². The lowest BCUT2D eigenvalue weighted by atomic mass is 10.2. The van der Waals surface area contributed by atoms with Crippen molar-refractivity contribution in [2.75, 3.05) is 33.7 Å². The third-order valence-electron chi connectivity index (χ3n) is 3.34. The van der Waals surface area contributed by atoms with Crippen LogP contribution in [0, 0.1) is 0 Å². The van der Waals surface area contributed by atoms with Gasteiger partial charge in [-0.1, -0.05) is 0 Å². The summed E-state index contributed by atoms with van der Waals surface area (Å²) in [5, 5.41) is 2.87. The molecule has 118 valence electrons. The second kappa shape index (κ2) is 8.00. The minimum absolute atomic E-state index is 0.132. The van der Waals surface area contributed by atoms with E-state index >= 15 is 0 Å². The monoisotopic (exact) mass is 318 g/mol. The Morgan fingerprint density at radius 2 is 2.14 bits per heavy atom. The average Bonchev–Trinajstić information content (AvgIpc) is 2.97. The summed E-state index contributed by atoms with van der Waals surface area (Å²) in [5.41, 5.74) is 1.82. The molecule has 22 heavy (non-hydrogen) atoms. The van der Waals surface area contributed by atoms with Crippen molar-refractivity contribution in [1.82, 2.24) is 19.8 Å². The van der Waals surface area contributed by atoms with Gasteiger partial charge >= 0.3 is 0 Å². The van der Waals surface area contributed by atoms with Crippen molar-refractivity contribution in [3.05, 3.63) is 35.6 Å². The van der Waals surface area contributed by atoms with Gasteiger partial charge in [0.15, 0.2) is 0 Å². The molecule has 0 atom stereocenters. The number of nitrogens with zero attached hydrogens (tertiary/aromatic N) is 4. The van der Waals surface area contributed by atoms with Crippen LogP contribution >= 0.6 is 11.3 Å². The number of aromatic nitrogens is 2. The highest BCUT2D eigenvalue weighted by molar-refractivity contribution is 7.13. The fourth-order valence-corrected chi connectivity index (χ4v) is 2.87. The van der Waals surface area contributed by atoms with Crippen LogP contribution in [0.1, 0.15) is 12.6 Å². The van der Waals surface area contributed by atoms with E-state index in [9.17, 15) is 4.79 Å². The summed E-state index contributed by atoms with van der Waals surface area (Å²) in [5.74, 6) is 0.132. The maximum atomic E-state index is 12.4. The van der Waals surface area contributed by atoms with Crippen molar-refractivity contribution in [3.8, 4) is 10.6 Å². The molecular weight excluding hydrogens is 296 g/mol. The van der Waals surface area contributed by atoms with Crippen molar-refractivity contribution in [2.24, 2.45) is 0 Å². The van der Waals surface area contributed by atoms with Gasteiger partial charge in [0.1, 0.15) is 5.01 Å².